The van der Waals surface area contributed by atoms with Gasteiger partial charge in [0, 0.05) is 0 Å². The lowest BCUT2D eigenvalue weighted by molar-refractivity contribution is -0.897. The molecule has 13 heavy (non-hydrogen) atoms. The van der Waals surface area contributed by atoms with Gasteiger partial charge in [0.25, 0.3) is 6.47 Å². The Balaban J connectivity index is 0.000000424. The smallest absolute Gasteiger partial charge is 0.290 e. The van der Waals surface area contributed by atoms with E-state index in [-0.39, 0.29) is 6.47 Å². The summed E-state index contributed by atoms with van der Waals surface area (Å²) < 4.78 is 1.17. The molecule has 0 saturated heterocycles. The van der Waals surface area contributed by atoms with E-state index >= 15 is 0 Å². The van der Waals surface area contributed by atoms with Crippen molar-refractivity contribution >= 4 is 6.47 Å². The molecule has 0 aromatic rings. The van der Waals surface area contributed by atoms with Crippen molar-refractivity contribution in [2.75, 3.05) is 21.1 Å². The van der Waals surface area contributed by atoms with Crippen molar-refractivity contribution in [3.63, 3.8) is 0 Å². The lowest BCUT2D eigenvalue weighted by atomic mass is 9.94. The number of rotatable bonds is 1. The average molecular weight is 188 g/mol. The summed E-state index contributed by atoms with van der Waals surface area (Å²) in [6, 6.07) is 0.939. The molecule has 3 heteroatoms. The molecule has 1 aliphatic carbocycles. The van der Waals surface area contributed by atoms with Crippen molar-refractivity contribution in [3.8, 4) is 0 Å². The van der Waals surface area contributed by atoms with Gasteiger partial charge < -0.3 is 9.59 Å². The Bertz CT molecular complexity index is 134. The molecule has 3 nitrogen and oxygen atoms in total. The van der Waals surface area contributed by atoms with Crippen LogP contribution in [0.1, 0.15) is 32.1 Å². The highest BCUT2D eigenvalue weighted by Gasteiger charge is 2.24. The Morgan fingerprint density at radius 1 is 1.15 bits per heavy atom. The van der Waals surface area contributed by atoms with Gasteiger partial charge in [-0.3, -0.25) is 4.79 Å². The molecule has 1 fully saturated rings. The maximum atomic E-state index is 8.36. The van der Waals surface area contributed by atoms with E-state index in [4.69, 9.17) is 9.90 Å². The molecule has 0 aromatic heterocycles. The van der Waals surface area contributed by atoms with Gasteiger partial charge in [0.15, 0.2) is 0 Å². The van der Waals surface area contributed by atoms with Crippen LogP contribution in [-0.2, 0) is 4.79 Å². The van der Waals surface area contributed by atoms with Gasteiger partial charge in [-0.1, -0.05) is 6.42 Å². The summed E-state index contributed by atoms with van der Waals surface area (Å²) in [6.07, 6.45) is 7.28. The highest BCUT2D eigenvalue weighted by Crippen LogP contribution is 2.23. The van der Waals surface area contributed by atoms with Gasteiger partial charge in [0.05, 0.1) is 27.2 Å². The van der Waals surface area contributed by atoms with Crippen molar-refractivity contribution in [2.24, 2.45) is 0 Å². The molecule has 0 spiro atoms. The van der Waals surface area contributed by atoms with Crippen LogP contribution >= 0.6 is 0 Å². The summed E-state index contributed by atoms with van der Waals surface area (Å²) in [5.74, 6) is 0. The number of carboxylic acid groups (broad SMARTS) is 1. The third kappa shape index (κ3) is 5.64. The van der Waals surface area contributed by atoms with Crippen LogP contribution in [0, 0.1) is 0 Å². The van der Waals surface area contributed by atoms with Crippen LogP contribution < -0.4 is 0 Å². The average Bonchev–Trinajstić information content (AvgIpc) is 2.06. The topological polar surface area (TPSA) is 37.3 Å². The van der Waals surface area contributed by atoms with Crippen LogP contribution in [-0.4, -0.2) is 43.2 Å². The molecule has 1 aliphatic rings. The Morgan fingerprint density at radius 2 is 1.54 bits per heavy atom. The molecule has 0 aromatic carbocycles. The molecule has 1 rings (SSSR count). The Morgan fingerprint density at radius 3 is 1.77 bits per heavy atom. The molecule has 0 unspecified atom stereocenters. The van der Waals surface area contributed by atoms with Gasteiger partial charge in [-0.25, -0.2) is 0 Å². The fraction of sp³-hybridized carbons (Fsp3) is 0.900. The van der Waals surface area contributed by atoms with Gasteiger partial charge in [0.2, 0.25) is 0 Å². The second-order valence-electron chi connectivity index (χ2n) is 4.51. The summed E-state index contributed by atoms with van der Waals surface area (Å²) in [7, 11) is 6.95. The first kappa shape index (κ1) is 12.4. The first-order chi connectivity index (χ1) is 6.02. The molecule has 1 saturated carbocycles. The number of nitrogens with zero attached hydrogens (tertiary/aromatic N) is 1. The van der Waals surface area contributed by atoms with Gasteiger partial charge in [-0.2, -0.15) is 0 Å². The highest BCUT2D eigenvalue weighted by atomic mass is 16.3. The van der Waals surface area contributed by atoms with E-state index in [1.54, 1.807) is 0 Å². The first-order valence-corrected chi connectivity index (χ1v) is 4.91. The molecule has 0 atom stereocenters. The van der Waals surface area contributed by atoms with Crippen molar-refractivity contribution in [1.82, 2.24) is 0 Å². The Kier molecular flexibility index (Phi) is 5.71. The molecule has 0 heterocycles. The van der Waals surface area contributed by atoms with Crippen molar-refractivity contribution in [2.45, 2.75) is 38.1 Å². The zero-order valence-corrected chi connectivity index (χ0v) is 8.99. The minimum absolute atomic E-state index is 0.250. The van der Waals surface area contributed by atoms with Crippen LogP contribution in [0.3, 0.4) is 0 Å². The quantitative estimate of drug-likeness (QED) is 0.502. The minimum Gasteiger partial charge on any atom is -0.483 e. The zero-order valence-electron chi connectivity index (χ0n) is 8.99. The van der Waals surface area contributed by atoms with E-state index in [1.165, 1.54) is 36.6 Å². The highest BCUT2D eigenvalue weighted by molar-refractivity contribution is 5.32. The largest absolute Gasteiger partial charge is 0.483 e. The van der Waals surface area contributed by atoms with E-state index in [0.29, 0.717) is 0 Å². The van der Waals surface area contributed by atoms with Crippen LogP contribution in [0.4, 0.5) is 0 Å². The monoisotopic (exact) mass is 188 g/mol. The zero-order chi connectivity index (χ0) is 10.3. The van der Waals surface area contributed by atoms with Crippen molar-refractivity contribution in [3.05, 3.63) is 0 Å². The molecular formula is C10H22NO2+. The molecule has 0 amide bonds. The Labute approximate surface area is 80.9 Å². The predicted molar refractivity (Wildman–Crippen MR) is 53.6 cm³/mol. The van der Waals surface area contributed by atoms with E-state index < -0.39 is 0 Å². The maximum Gasteiger partial charge on any atom is 0.290 e. The number of carbonyl (C=O) groups is 1. The van der Waals surface area contributed by atoms with Crippen LogP contribution in [0.15, 0.2) is 0 Å². The lowest BCUT2D eigenvalue weighted by Gasteiger charge is -2.36. The number of hydrogen-bond donors (Lipinski definition) is 1. The second kappa shape index (κ2) is 5.97. The van der Waals surface area contributed by atoms with E-state index in [0.717, 1.165) is 6.04 Å². The predicted octanol–water partition coefficient (Wildman–Crippen LogP) is 1.73. The molecule has 78 valence electrons. The van der Waals surface area contributed by atoms with E-state index in [1.807, 2.05) is 0 Å². The summed E-state index contributed by atoms with van der Waals surface area (Å²) in [4.78, 5) is 8.36. The lowest BCUT2D eigenvalue weighted by Crippen LogP contribution is -2.45. The SMILES string of the molecule is C[N+](C)(C)C1CCCCC1.O=CO. The summed E-state index contributed by atoms with van der Waals surface area (Å²) >= 11 is 0. The van der Waals surface area contributed by atoms with Gasteiger partial charge in [-0.15, -0.1) is 0 Å². The standard InChI is InChI=1S/C9H20N.CH2O2/c1-10(2,3)9-7-5-4-6-8-9;2-1-3/h9H,4-8H2,1-3H3;1H,(H,2,3)/q+1;. The summed E-state index contributed by atoms with van der Waals surface area (Å²) in [5.41, 5.74) is 0. The fourth-order valence-corrected chi connectivity index (χ4v) is 1.86. The molecule has 1 N–H and O–H groups in total. The third-order valence-electron chi connectivity index (χ3n) is 2.67. The summed E-state index contributed by atoms with van der Waals surface area (Å²) in [6.45, 7) is -0.250. The first-order valence-electron chi connectivity index (χ1n) is 4.91. The second-order valence-corrected chi connectivity index (χ2v) is 4.51. The normalized spacial score (nSPS) is 18.7. The maximum absolute atomic E-state index is 8.36. The van der Waals surface area contributed by atoms with E-state index in [2.05, 4.69) is 21.1 Å². The van der Waals surface area contributed by atoms with E-state index in [9.17, 15) is 0 Å². The number of quaternary nitrogens is 1. The molecule has 0 radical (unpaired) electrons. The van der Waals surface area contributed by atoms with Crippen LogP contribution in [0.5, 0.6) is 0 Å². The fourth-order valence-electron chi connectivity index (χ4n) is 1.86. The molecular weight excluding hydrogens is 166 g/mol. The van der Waals surface area contributed by atoms with Crippen LogP contribution in [0.25, 0.3) is 0 Å². The van der Waals surface area contributed by atoms with Crippen molar-refractivity contribution < 1.29 is 14.4 Å². The third-order valence-corrected chi connectivity index (χ3v) is 2.67. The molecule has 0 aliphatic heterocycles. The molecule has 0 bridgehead atoms. The van der Waals surface area contributed by atoms with Gasteiger partial charge in [-0.05, 0) is 25.7 Å². The summed E-state index contributed by atoms with van der Waals surface area (Å²) in [5, 5.41) is 6.89. The minimum atomic E-state index is -0.250. The Hall–Kier alpha value is -0.570. The van der Waals surface area contributed by atoms with Gasteiger partial charge in [0.1, 0.15) is 0 Å². The van der Waals surface area contributed by atoms with Crippen LogP contribution in [0.2, 0.25) is 0 Å². The van der Waals surface area contributed by atoms with Crippen molar-refractivity contribution in [1.29, 1.82) is 0 Å². The van der Waals surface area contributed by atoms with Gasteiger partial charge >= 0.3 is 0 Å². The number of hydrogen-bond acceptors (Lipinski definition) is 1.